The van der Waals surface area contributed by atoms with Crippen LogP contribution in [-0.4, -0.2) is 36.1 Å². The maximum absolute atomic E-state index is 4.96. The molecule has 0 aliphatic carbocycles. The number of para-hydroxylation sites is 1. The molecule has 0 atom stereocenters. The van der Waals surface area contributed by atoms with Crippen molar-refractivity contribution in [3.05, 3.63) is 24.3 Å². The van der Waals surface area contributed by atoms with E-state index < -0.39 is 0 Å². The molecule has 4 heteroatoms. The van der Waals surface area contributed by atoms with E-state index in [1.807, 2.05) is 0 Å². The first-order chi connectivity index (χ1) is 10.8. The Hall–Kier alpha value is -1.84. The van der Waals surface area contributed by atoms with Crippen LogP contribution in [-0.2, 0) is 0 Å². The van der Waals surface area contributed by atoms with Gasteiger partial charge in [-0.25, -0.2) is 4.98 Å². The van der Waals surface area contributed by atoms with Gasteiger partial charge in [-0.05, 0) is 37.8 Å². The van der Waals surface area contributed by atoms with Crippen molar-refractivity contribution in [3.63, 3.8) is 0 Å². The highest BCUT2D eigenvalue weighted by Crippen LogP contribution is 2.28. The van der Waals surface area contributed by atoms with Gasteiger partial charge in [-0.3, -0.25) is 0 Å². The Morgan fingerprint density at radius 1 is 1.00 bits per heavy atom. The number of anilines is 2. The Kier molecular flexibility index (Phi) is 4.76. The van der Waals surface area contributed by atoms with Crippen LogP contribution in [0.3, 0.4) is 0 Å². The summed E-state index contributed by atoms with van der Waals surface area (Å²) < 4.78 is 0. The van der Waals surface area contributed by atoms with E-state index in [0.717, 1.165) is 56.3 Å². The Balaban J connectivity index is 2.08. The predicted molar refractivity (Wildman–Crippen MR) is 93.8 cm³/mol. The summed E-state index contributed by atoms with van der Waals surface area (Å²) in [6, 6.07) is 8.41. The standard InChI is InChI=1S/C18H26N4/c1-3-11-21(12-4-2)17-15-9-5-6-10-16(15)19-18(20-17)22-13-7-8-14-22/h5-6,9-10H,3-4,7-8,11-14H2,1-2H3. The highest BCUT2D eigenvalue weighted by molar-refractivity contribution is 5.90. The normalized spacial score (nSPS) is 14.7. The molecule has 0 radical (unpaired) electrons. The van der Waals surface area contributed by atoms with Gasteiger partial charge in [-0.2, -0.15) is 4.98 Å². The molecule has 2 heterocycles. The van der Waals surface area contributed by atoms with Crippen molar-refractivity contribution < 1.29 is 0 Å². The average molecular weight is 298 g/mol. The highest BCUT2D eigenvalue weighted by Gasteiger charge is 2.19. The van der Waals surface area contributed by atoms with Crippen LogP contribution in [0.15, 0.2) is 24.3 Å². The predicted octanol–water partition coefficient (Wildman–Crippen LogP) is 3.86. The molecule has 2 aromatic rings. The van der Waals surface area contributed by atoms with E-state index in [1.54, 1.807) is 0 Å². The first kappa shape index (κ1) is 15.1. The van der Waals surface area contributed by atoms with E-state index in [2.05, 4.69) is 47.9 Å². The van der Waals surface area contributed by atoms with Gasteiger partial charge in [0.15, 0.2) is 0 Å². The molecule has 1 saturated heterocycles. The van der Waals surface area contributed by atoms with Gasteiger partial charge in [0, 0.05) is 31.6 Å². The number of aromatic nitrogens is 2. The van der Waals surface area contributed by atoms with E-state index >= 15 is 0 Å². The minimum Gasteiger partial charge on any atom is -0.356 e. The maximum Gasteiger partial charge on any atom is 0.227 e. The SMILES string of the molecule is CCCN(CCC)c1nc(N2CCCC2)nc2ccccc12. The lowest BCUT2D eigenvalue weighted by Crippen LogP contribution is -2.28. The molecule has 22 heavy (non-hydrogen) atoms. The van der Waals surface area contributed by atoms with Crippen LogP contribution in [0, 0.1) is 0 Å². The number of fused-ring (bicyclic) bond motifs is 1. The Bertz CT molecular complexity index is 614. The number of nitrogens with zero attached hydrogens (tertiary/aromatic N) is 4. The molecule has 0 N–H and O–H groups in total. The zero-order valence-corrected chi connectivity index (χ0v) is 13.8. The lowest BCUT2D eigenvalue weighted by molar-refractivity contribution is 0.734. The fourth-order valence-electron chi connectivity index (χ4n) is 3.21. The summed E-state index contributed by atoms with van der Waals surface area (Å²) in [5, 5.41) is 1.17. The van der Waals surface area contributed by atoms with Gasteiger partial charge < -0.3 is 9.80 Å². The summed E-state index contributed by atoms with van der Waals surface area (Å²) in [6.45, 7) is 8.72. The van der Waals surface area contributed by atoms with Crippen molar-refractivity contribution in [3.8, 4) is 0 Å². The second kappa shape index (κ2) is 6.95. The lowest BCUT2D eigenvalue weighted by Gasteiger charge is -2.26. The topological polar surface area (TPSA) is 32.3 Å². The van der Waals surface area contributed by atoms with E-state index in [9.17, 15) is 0 Å². The Labute approximate surface area is 133 Å². The van der Waals surface area contributed by atoms with Gasteiger partial charge in [-0.15, -0.1) is 0 Å². The summed E-state index contributed by atoms with van der Waals surface area (Å²) in [4.78, 5) is 14.5. The van der Waals surface area contributed by atoms with Crippen molar-refractivity contribution in [2.75, 3.05) is 36.0 Å². The number of rotatable bonds is 6. The molecule has 0 bridgehead atoms. The molecule has 0 spiro atoms. The Morgan fingerprint density at radius 3 is 2.36 bits per heavy atom. The van der Waals surface area contributed by atoms with Crippen LogP contribution < -0.4 is 9.80 Å². The lowest BCUT2D eigenvalue weighted by atomic mass is 10.2. The molecular formula is C18H26N4. The summed E-state index contributed by atoms with van der Waals surface area (Å²) in [5.41, 5.74) is 1.06. The van der Waals surface area contributed by atoms with Gasteiger partial charge in [-0.1, -0.05) is 26.0 Å². The van der Waals surface area contributed by atoms with Crippen molar-refractivity contribution in [2.45, 2.75) is 39.5 Å². The summed E-state index contributed by atoms with van der Waals surface area (Å²) >= 11 is 0. The fraction of sp³-hybridized carbons (Fsp3) is 0.556. The molecule has 1 fully saturated rings. The zero-order valence-electron chi connectivity index (χ0n) is 13.8. The fourth-order valence-corrected chi connectivity index (χ4v) is 3.21. The molecule has 3 rings (SSSR count). The van der Waals surface area contributed by atoms with Gasteiger partial charge in [0.25, 0.3) is 0 Å². The summed E-state index contributed by atoms with van der Waals surface area (Å²) in [6.07, 6.45) is 4.77. The van der Waals surface area contributed by atoms with E-state index in [0.29, 0.717) is 0 Å². The summed E-state index contributed by atoms with van der Waals surface area (Å²) in [5.74, 6) is 2.01. The highest BCUT2D eigenvalue weighted by atomic mass is 15.3. The van der Waals surface area contributed by atoms with Gasteiger partial charge in [0.1, 0.15) is 5.82 Å². The van der Waals surface area contributed by atoms with Crippen LogP contribution in [0.2, 0.25) is 0 Å². The monoisotopic (exact) mass is 298 g/mol. The van der Waals surface area contributed by atoms with Crippen molar-refractivity contribution in [1.29, 1.82) is 0 Å². The van der Waals surface area contributed by atoms with Crippen molar-refractivity contribution in [2.24, 2.45) is 0 Å². The second-order valence-corrected chi connectivity index (χ2v) is 6.05. The molecule has 118 valence electrons. The van der Waals surface area contributed by atoms with Crippen LogP contribution in [0.25, 0.3) is 10.9 Å². The van der Waals surface area contributed by atoms with Crippen LogP contribution in [0.5, 0.6) is 0 Å². The zero-order chi connectivity index (χ0) is 15.4. The van der Waals surface area contributed by atoms with Gasteiger partial charge in [0.05, 0.1) is 5.52 Å². The number of hydrogen-bond acceptors (Lipinski definition) is 4. The molecule has 0 amide bonds. The molecule has 1 aromatic heterocycles. The molecule has 0 saturated carbocycles. The minimum atomic E-state index is 0.906. The maximum atomic E-state index is 4.96. The Morgan fingerprint density at radius 2 is 1.68 bits per heavy atom. The average Bonchev–Trinajstić information content (AvgIpc) is 3.08. The van der Waals surface area contributed by atoms with Crippen molar-refractivity contribution in [1.82, 2.24) is 9.97 Å². The molecule has 1 aromatic carbocycles. The number of benzene rings is 1. The largest absolute Gasteiger partial charge is 0.356 e. The molecular weight excluding hydrogens is 272 g/mol. The van der Waals surface area contributed by atoms with Gasteiger partial charge >= 0.3 is 0 Å². The van der Waals surface area contributed by atoms with E-state index in [-0.39, 0.29) is 0 Å². The summed E-state index contributed by atoms with van der Waals surface area (Å²) in [7, 11) is 0. The van der Waals surface area contributed by atoms with Crippen molar-refractivity contribution >= 4 is 22.7 Å². The van der Waals surface area contributed by atoms with Crippen LogP contribution in [0.1, 0.15) is 39.5 Å². The quantitative estimate of drug-likeness (QED) is 0.810. The minimum absolute atomic E-state index is 0.906. The first-order valence-corrected chi connectivity index (χ1v) is 8.60. The van der Waals surface area contributed by atoms with E-state index in [1.165, 1.54) is 18.2 Å². The second-order valence-electron chi connectivity index (χ2n) is 6.05. The first-order valence-electron chi connectivity index (χ1n) is 8.60. The van der Waals surface area contributed by atoms with E-state index in [4.69, 9.17) is 9.97 Å². The molecule has 1 aliphatic heterocycles. The smallest absolute Gasteiger partial charge is 0.227 e. The van der Waals surface area contributed by atoms with Crippen LogP contribution in [0.4, 0.5) is 11.8 Å². The van der Waals surface area contributed by atoms with Gasteiger partial charge in [0.2, 0.25) is 5.95 Å². The molecule has 4 nitrogen and oxygen atoms in total. The molecule has 0 unspecified atom stereocenters. The van der Waals surface area contributed by atoms with Crippen LogP contribution >= 0.6 is 0 Å². The third-order valence-electron chi connectivity index (χ3n) is 4.25. The third-order valence-corrected chi connectivity index (χ3v) is 4.25. The third kappa shape index (κ3) is 3.01. The number of hydrogen-bond donors (Lipinski definition) is 0. The molecule has 1 aliphatic rings.